The molecule has 0 atom stereocenters. The fraction of sp³-hybridized carbons (Fsp3) is 0.588. The summed E-state index contributed by atoms with van der Waals surface area (Å²) in [5.41, 5.74) is 1.02. The summed E-state index contributed by atoms with van der Waals surface area (Å²) in [7, 11) is 0. The molecule has 0 unspecified atom stereocenters. The Labute approximate surface area is 126 Å². The molecule has 1 aliphatic rings. The van der Waals surface area contributed by atoms with E-state index >= 15 is 0 Å². The summed E-state index contributed by atoms with van der Waals surface area (Å²) in [4.78, 5) is 14.5. The number of rotatable bonds is 4. The van der Waals surface area contributed by atoms with Crippen molar-refractivity contribution in [2.45, 2.75) is 39.7 Å². The molecule has 0 aromatic heterocycles. The van der Waals surface area contributed by atoms with E-state index in [9.17, 15) is 9.18 Å². The van der Waals surface area contributed by atoms with E-state index in [1.165, 1.54) is 6.07 Å². The average molecular weight is 292 g/mol. The van der Waals surface area contributed by atoms with Crippen LogP contribution < -0.4 is 5.32 Å². The number of nitrogens with one attached hydrogen (secondary N) is 1. The first-order chi connectivity index (χ1) is 9.99. The summed E-state index contributed by atoms with van der Waals surface area (Å²) in [5, 5.41) is 3.33. The predicted molar refractivity (Wildman–Crippen MR) is 82.9 cm³/mol. The number of hydrogen-bond acceptors (Lipinski definition) is 2. The van der Waals surface area contributed by atoms with E-state index in [4.69, 9.17) is 0 Å². The predicted octanol–water partition coefficient (Wildman–Crippen LogP) is 2.98. The highest BCUT2D eigenvalue weighted by Crippen LogP contribution is 2.19. The van der Waals surface area contributed by atoms with Gasteiger partial charge in [-0.25, -0.2) is 4.39 Å². The minimum atomic E-state index is -0.420. The minimum Gasteiger partial charge on any atom is -0.336 e. The number of aryl methyl sites for hydroxylation is 1. The van der Waals surface area contributed by atoms with Crippen LogP contribution >= 0.6 is 0 Å². The van der Waals surface area contributed by atoms with E-state index in [2.05, 4.69) is 5.32 Å². The first-order valence-corrected chi connectivity index (χ1v) is 7.77. The van der Waals surface area contributed by atoms with Gasteiger partial charge in [0.25, 0.3) is 5.91 Å². The van der Waals surface area contributed by atoms with Gasteiger partial charge in [-0.15, -0.1) is 0 Å². The lowest BCUT2D eigenvalue weighted by atomic mass is 9.96. The van der Waals surface area contributed by atoms with Crippen molar-refractivity contribution in [1.29, 1.82) is 0 Å². The van der Waals surface area contributed by atoms with Gasteiger partial charge in [-0.3, -0.25) is 4.79 Å². The van der Waals surface area contributed by atoms with Gasteiger partial charge in [0.1, 0.15) is 5.82 Å². The molecule has 0 aliphatic carbocycles. The van der Waals surface area contributed by atoms with Gasteiger partial charge in [-0.2, -0.15) is 0 Å². The Bertz CT molecular complexity index is 496. The van der Waals surface area contributed by atoms with Gasteiger partial charge in [0.05, 0.1) is 5.56 Å². The first-order valence-electron chi connectivity index (χ1n) is 7.77. The molecule has 1 heterocycles. The number of carbonyl (C=O) groups excluding carboxylic acids is 1. The Morgan fingerprint density at radius 3 is 2.62 bits per heavy atom. The van der Waals surface area contributed by atoms with Crippen molar-refractivity contribution in [1.82, 2.24) is 10.2 Å². The van der Waals surface area contributed by atoms with E-state index < -0.39 is 5.82 Å². The molecule has 2 rings (SSSR count). The average Bonchev–Trinajstić information content (AvgIpc) is 2.45. The SMILES string of the molecule is Cc1ccc(C(=O)N(CC2CCNCC2)C(C)C)c(F)c1. The van der Waals surface area contributed by atoms with Gasteiger partial charge in [-0.05, 0) is 70.3 Å². The summed E-state index contributed by atoms with van der Waals surface area (Å²) in [5.74, 6) is -0.108. The molecular formula is C17H25FN2O. The van der Waals surface area contributed by atoms with E-state index in [-0.39, 0.29) is 17.5 Å². The van der Waals surface area contributed by atoms with E-state index in [1.807, 2.05) is 25.7 Å². The van der Waals surface area contributed by atoms with Crippen LogP contribution in [0.15, 0.2) is 18.2 Å². The number of halogens is 1. The van der Waals surface area contributed by atoms with Crippen molar-refractivity contribution in [3.05, 3.63) is 35.1 Å². The third-order valence-electron chi connectivity index (χ3n) is 4.15. The molecule has 3 nitrogen and oxygen atoms in total. The lowest BCUT2D eigenvalue weighted by Gasteiger charge is -2.33. The smallest absolute Gasteiger partial charge is 0.257 e. The number of hydrogen-bond donors (Lipinski definition) is 1. The van der Waals surface area contributed by atoms with E-state index in [0.29, 0.717) is 12.5 Å². The number of amides is 1. The van der Waals surface area contributed by atoms with Gasteiger partial charge in [0.15, 0.2) is 0 Å². The van der Waals surface area contributed by atoms with Crippen molar-refractivity contribution in [2.24, 2.45) is 5.92 Å². The molecular weight excluding hydrogens is 267 g/mol. The monoisotopic (exact) mass is 292 g/mol. The molecule has 1 aromatic carbocycles. The second-order valence-electron chi connectivity index (χ2n) is 6.23. The highest BCUT2D eigenvalue weighted by molar-refractivity contribution is 5.94. The molecule has 1 aliphatic heterocycles. The molecule has 1 amide bonds. The minimum absolute atomic E-state index is 0.0769. The van der Waals surface area contributed by atoms with Crippen molar-refractivity contribution < 1.29 is 9.18 Å². The zero-order chi connectivity index (χ0) is 15.4. The molecule has 0 bridgehead atoms. The van der Waals surface area contributed by atoms with Crippen LogP contribution in [0.25, 0.3) is 0 Å². The van der Waals surface area contributed by atoms with Crippen LogP contribution in [0.4, 0.5) is 4.39 Å². The Balaban J connectivity index is 2.14. The second-order valence-corrected chi connectivity index (χ2v) is 6.23. The van der Waals surface area contributed by atoms with Crippen LogP contribution in [-0.2, 0) is 0 Å². The topological polar surface area (TPSA) is 32.3 Å². The normalized spacial score (nSPS) is 16.2. The standard InChI is InChI=1S/C17H25FN2O/c1-12(2)20(11-14-6-8-19-9-7-14)17(21)15-5-4-13(3)10-16(15)18/h4-5,10,12,14,19H,6-9,11H2,1-3H3. The molecule has 1 N–H and O–H groups in total. The Kier molecular flexibility index (Phi) is 5.34. The van der Waals surface area contributed by atoms with Gasteiger partial charge in [0.2, 0.25) is 0 Å². The zero-order valence-electron chi connectivity index (χ0n) is 13.2. The summed E-state index contributed by atoms with van der Waals surface area (Å²) >= 11 is 0. The van der Waals surface area contributed by atoms with Crippen molar-refractivity contribution in [2.75, 3.05) is 19.6 Å². The van der Waals surface area contributed by atoms with Crippen molar-refractivity contribution >= 4 is 5.91 Å². The number of carbonyl (C=O) groups is 1. The molecule has 21 heavy (non-hydrogen) atoms. The van der Waals surface area contributed by atoms with E-state index in [1.54, 1.807) is 12.1 Å². The van der Waals surface area contributed by atoms with Gasteiger partial charge < -0.3 is 10.2 Å². The van der Waals surface area contributed by atoms with Crippen molar-refractivity contribution in [3.63, 3.8) is 0 Å². The summed E-state index contributed by atoms with van der Waals surface area (Å²) in [6.45, 7) is 8.53. The third kappa shape index (κ3) is 4.03. The Hall–Kier alpha value is -1.42. The molecule has 4 heteroatoms. The maximum atomic E-state index is 14.0. The third-order valence-corrected chi connectivity index (χ3v) is 4.15. The highest BCUT2D eigenvalue weighted by atomic mass is 19.1. The molecule has 116 valence electrons. The maximum Gasteiger partial charge on any atom is 0.257 e. The second kappa shape index (κ2) is 7.03. The van der Waals surface area contributed by atoms with Gasteiger partial charge in [-0.1, -0.05) is 6.07 Å². The largest absolute Gasteiger partial charge is 0.336 e. The van der Waals surface area contributed by atoms with Crippen molar-refractivity contribution in [3.8, 4) is 0 Å². The Morgan fingerprint density at radius 2 is 2.05 bits per heavy atom. The first kappa shape index (κ1) is 16.0. The molecule has 1 fully saturated rings. The van der Waals surface area contributed by atoms with Crippen LogP contribution in [0.2, 0.25) is 0 Å². The van der Waals surface area contributed by atoms with Crippen LogP contribution in [0.3, 0.4) is 0 Å². The molecule has 1 saturated heterocycles. The molecule has 0 spiro atoms. The lowest BCUT2D eigenvalue weighted by molar-refractivity contribution is 0.0653. The summed E-state index contributed by atoms with van der Waals surface area (Å²) < 4.78 is 14.0. The fourth-order valence-electron chi connectivity index (χ4n) is 2.82. The van der Waals surface area contributed by atoms with Gasteiger partial charge in [0, 0.05) is 12.6 Å². The van der Waals surface area contributed by atoms with Crippen LogP contribution in [0.5, 0.6) is 0 Å². The number of nitrogens with zero attached hydrogens (tertiary/aromatic N) is 1. The van der Waals surface area contributed by atoms with Crippen LogP contribution in [0.1, 0.15) is 42.6 Å². The maximum absolute atomic E-state index is 14.0. The fourth-order valence-corrected chi connectivity index (χ4v) is 2.82. The van der Waals surface area contributed by atoms with Crippen LogP contribution in [-0.4, -0.2) is 36.5 Å². The molecule has 0 saturated carbocycles. The molecule has 0 radical (unpaired) electrons. The Morgan fingerprint density at radius 1 is 1.38 bits per heavy atom. The number of benzene rings is 1. The highest BCUT2D eigenvalue weighted by Gasteiger charge is 2.25. The quantitative estimate of drug-likeness (QED) is 0.925. The lowest BCUT2D eigenvalue weighted by Crippen LogP contribution is -2.43. The zero-order valence-corrected chi connectivity index (χ0v) is 13.2. The molecule has 1 aromatic rings. The van der Waals surface area contributed by atoms with Gasteiger partial charge >= 0.3 is 0 Å². The summed E-state index contributed by atoms with van der Waals surface area (Å²) in [6.07, 6.45) is 2.15. The summed E-state index contributed by atoms with van der Waals surface area (Å²) in [6, 6.07) is 4.90. The van der Waals surface area contributed by atoms with Crippen LogP contribution in [0, 0.1) is 18.7 Å². The number of piperidine rings is 1. The van der Waals surface area contributed by atoms with E-state index in [0.717, 1.165) is 31.5 Å².